The topological polar surface area (TPSA) is 58.4 Å². The van der Waals surface area contributed by atoms with E-state index in [9.17, 15) is 10.1 Å². The molecule has 1 saturated carbocycles. The Labute approximate surface area is 113 Å². The molecule has 0 bridgehead atoms. The highest BCUT2D eigenvalue weighted by Crippen LogP contribution is 2.28. The Morgan fingerprint density at radius 2 is 2.21 bits per heavy atom. The molecular formula is C14H21N3O2. The lowest BCUT2D eigenvalue weighted by Crippen LogP contribution is -2.29. The van der Waals surface area contributed by atoms with Gasteiger partial charge in [-0.3, -0.25) is 10.1 Å². The first kappa shape index (κ1) is 13.8. The third-order valence-corrected chi connectivity index (χ3v) is 3.80. The highest BCUT2D eigenvalue weighted by atomic mass is 16.6. The summed E-state index contributed by atoms with van der Waals surface area (Å²) in [6, 6.07) is 5.00. The molecule has 0 saturated heterocycles. The first-order valence-electron chi connectivity index (χ1n) is 6.73. The van der Waals surface area contributed by atoms with Gasteiger partial charge in [-0.15, -0.1) is 0 Å². The molecule has 5 heteroatoms. The molecule has 1 fully saturated rings. The quantitative estimate of drug-likeness (QED) is 0.633. The first-order chi connectivity index (χ1) is 9.10. The number of hydrogen-bond donors (Lipinski definition) is 1. The first-order valence-corrected chi connectivity index (χ1v) is 6.73. The van der Waals surface area contributed by atoms with E-state index in [2.05, 4.69) is 17.3 Å². The molecular weight excluding hydrogens is 242 g/mol. The lowest BCUT2D eigenvalue weighted by molar-refractivity contribution is -0.384. The van der Waals surface area contributed by atoms with E-state index in [4.69, 9.17) is 0 Å². The number of anilines is 1. The standard InChI is InChI=1S/C14H21N3O2/c1-15-14-7-6-13(17(18)19)8-12(14)10-16(2)9-11-4-3-5-11/h6-8,11,15H,3-5,9-10H2,1-2H3. The minimum Gasteiger partial charge on any atom is -0.388 e. The largest absolute Gasteiger partial charge is 0.388 e. The average Bonchev–Trinajstić information content (AvgIpc) is 2.33. The van der Waals surface area contributed by atoms with Crippen LogP contribution in [0.1, 0.15) is 24.8 Å². The Balaban J connectivity index is 2.07. The highest BCUT2D eigenvalue weighted by molar-refractivity contribution is 5.55. The van der Waals surface area contributed by atoms with Gasteiger partial charge in [0.1, 0.15) is 0 Å². The van der Waals surface area contributed by atoms with Crippen molar-refractivity contribution in [1.29, 1.82) is 0 Å². The number of non-ortho nitro benzene ring substituents is 1. The van der Waals surface area contributed by atoms with Crippen molar-refractivity contribution < 1.29 is 4.92 Å². The fourth-order valence-electron chi connectivity index (χ4n) is 2.54. The van der Waals surface area contributed by atoms with E-state index in [1.54, 1.807) is 18.2 Å². The summed E-state index contributed by atoms with van der Waals surface area (Å²) in [5.74, 6) is 0.807. The minimum atomic E-state index is -0.338. The fourth-order valence-corrected chi connectivity index (χ4v) is 2.54. The summed E-state index contributed by atoms with van der Waals surface area (Å²) in [5.41, 5.74) is 2.11. The molecule has 104 valence electrons. The van der Waals surface area contributed by atoms with Crippen LogP contribution in [0.25, 0.3) is 0 Å². The van der Waals surface area contributed by atoms with E-state index in [1.807, 2.05) is 7.05 Å². The Morgan fingerprint density at radius 1 is 1.47 bits per heavy atom. The van der Waals surface area contributed by atoms with Crippen LogP contribution in [-0.2, 0) is 6.54 Å². The second kappa shape index (κ2) is 6.02. The molecule has 1 aliphatic rings. The van der Waals surface area contributed by atoms with E-state index in [1.165, 1.54) is 19.3 Å². The smallest absolute Gasteiger partial charge is 0.269 e. The number of hydrogen-bond acceptors (Lipinski definition) is 4. The van der Waals surface area contributed by atoms with Crippen molar-refractivity contribution in [2.24, 2.45) is 5.92 Å². The second-order valence-corrected chi connectivity index (χ2v) is 5.34. The van der Waals surface area contributed by atoms with Crippen LogP contribution in [-0.4, -0.2) is 30.5 Å². The van der Waals surface area contributed by atoms with E-state index in [0.29, 0.717) is 0 Å². The van der Waals surface area contributed by atoms with Crippen LogP contribution in [0.15, 0.2) is 18.2 Å². The van der Waals surface area contributed by atoms with Crippen LogP contribution in [0.3, 0.4) is 0 Å². The molecule has 2 rings (SSSR count). The van der Waals surface area contributed by atoms with Gasteiger partial charge in [0.15, 0.2) is 0 Å². The van der Waals surface area contributed by atoms with Gasteiger partial charge in [-0.25, -0.2) is 0 Å². The van der Waals surface area contributed by atoms with Gasteiger partial charge in [0, 0.05) is 38.0 Å². The summed E-state index contributed by atoms with van der Waals surface area (Å²) in [5, 5.41) is 13.9. The summed E-state index contributed by atoms with van der Waals surface area (Å²) in [6.07, 6.45) is 3.98. The van der Waals surface area contributed by atoms with Gasteiger partial charge in [-0.05, 0) is 37.4 Å². The molecule has 0 spiro atoms. The summed E-state index contributed by atoms with van der Waals surface area (Å²) >= 11 is 0. The number of nitrogens with zero attached hydrogens (tertiary/aromatic N) is 2. The maximum atomic E-state index is 10.8. The van der Waals surface area contributed by atoms with Crippen molar-refractivity contribution in [1.82, 2.24) is 4.90 Å². The lowest BCUT2D eigenvalue weighted by atomic mass is 9.85. The second-order valence-electron chi connectivity index (χ2n) is 5.34. The average molecular weight is 263 g/mol. The van der Waals surface area contributed by atoms with E-state index < -0.39 is 0 Å². The zero-order valence-corrected chi connectivity index (χ0v) is 11.6. The molecule has 0 aliphatic heterocycles. The van der Waals surface area contributed by atoms with E-state index in [-0.39, 0.29) is 10.6 Å². The third-order valence-electron chi connectivity index (χ3n) is 3.80. The molecule has 0 heterocycles. The number of nitrogens with one attached hydrogen (secondary N) is 1. The molecule has 0 unspecified atom stereocenters. The predicted molar refractivity (Wildman–Crippen MR) is 76.3 cm³/mol. The van der Waals surface area contributed by atoms with Crippen molar-refractivity contribution in [3.05, 3.63) is 33.9 Å². The van der Waals surface area contributed by atoms with Crippen LogP contribution >= 0.6 is 0 Å². The highest BCUT2D eigenvalue weighted by Gasteiger charge is 2.20. The van der Waals surface area contributed by atoms with Crippen LogP contribution in [0.2, 0.25) is 0 Å². The zero-order chi connectivity index (χ0) is 13.8. The summed E-state index contributed by atoms with van der Waals surface area (Å²) in [6.45, 7) is 1.82. The van der Waals surface area contributed by atoms with Crippen molar-refractivity contribution >= 4 is 11.4 Å². The van der Waals surface area contributed by atoms with Gasteiger partial charge < -0.3 is 10.2 Å². The lowest BCUT2D eigenvalue weighted by Gasteiger charge is -2.30. The Hall–Kier alpha value is -1.62. The van der Waals surface area contributed by atoms with E-state index in [0.717, 1.165) is 30.3 Å². The maximum absolute atomic E-state index is 10.8. The number of nitro benzene ring substituents is 1. The zero-order valence-electron chi connectivity index (χ0n) is 11.6. The molecule has 19 heavy (non-hydrogen) atoms. The molecule has 0 radical (unpaired) electrons. The summed E-state index contributed by atoms with van der Waals surface area (Å²) < 4.78 is 0. The number of nitro groups is 1. The summed E-state index contributed by atoms with van der Waals surface area (Å²) in [7, 11) is 3.92. The maximum Gasteiger partial charge on any atom is 0.269 e. The molecule has 1 aliphatic carbocycles. The molecule has 1 aromatic carbocycles. The molecule has 0 aromatic heterocycles. The monoisotopic (exact) mass is 263 g/mol. The number of rotatable bonds is 6. The number of benzene rings is 1. The van der Waals surface area contributed by atoms with Gasteiger partial charge in [-0.1, -0.05) is 6.42 Å². The molecule has 0 atom stereocenters. The molecule has 1 N–H and O–H groups in total. The van der Waals surface area contributed by atoms with E-state index >= 15 is 0 Å². The van der Waals surface area contributed by atoms with Gasteiger partial charge in [0.25, 0.3) is 5.69 Å². The molecule has 0 amide bonds. The third kappa shape index (κ3) is 3.44. The van der Waals surface area contributed by atoms with Crippen LogP contribution in [0.5, 0.6) is 0 Å². The van der Waals surface area contributed by atoms with Gasteiger partial charge in [0.05, 0.1) is 4.92 Å². The molecule has 5 nitrogen and oxygen atoms in total. The van der Waals surface area contributed by atoms with Crippen LogP contribution < -0.4 is 5.32 Å². The van der Waals surface area contributed by atoms with Gasteiger partial charge >= 0.3 is 0 Å². The Bertz CT molecular complexity index is 458. The predicted octanol–water partition coefficient (Wildman–Crippen LogP) is 2.87. The Kier molecular flexibility index (Phi) is 4.37. The summed E-state index contributed by atoms with van der Waals surface area (Å²) in [4.78, 5) is 12.8. The van der Waals surface area contributed by atoms with Gasteiger partial charge in [0.2, 0.25) is 0 Å². The van der Waals surface area contributed by atoms with Crippen LogP contribution in [0.4, 0.5) is 11.4 Å². The van der Waals surface area contributed by atoms with Gasteiger partial charge in [-0.2, -0.15) is 0 Å². The molecule has 1 aromatic rings. The fraction of sp³-hybridized carbons (Fsp3) is 0.571. The van der Waals surface area contributed by atoms with Crippen LogP contribution in [0, 0.1) is 16.0 Å². The SMILES string of the molecule is CNc1ccc([N+](=O)[O-])cc1CN(C)CC1CCC1. The van der Waals surface area contributed by atoms with Crippen molar-refractivity contribution in [2.75, 3.05) is 26.0 Å². The minimum absolute atomic E-state index is 0.158. The Morgan fingerprint density at radius 3 is 2.74 bits per heavy atom. The van der Waals surface area contributed by atoms with Crippen molar-refractivity contribution in [3.63, 3.8) is 0 Å². The normalized spacial score (nSPS) is 15.3. The van der Waals surface area contributed by atoms with Crippen molar-refractivity contribution in [3.8, 4) is 0 Å². The van der Waals surface area contributed by atoms with Crippen molar-refractivity contribution in [2.45, 2.75) is 25.8 Å².